The van der Waals surface area contributed by atoms with Crippen LogP contribution in [0.4, 0.5) is 0 Å². The Labute approximate surface area is 125 Å². The number of pyridine rings is 1. The van der Waals surface area contributed by atoms with Crippen molar-refractivity contribution >= 4 is 17.5 Å². The number of hydrogen-bond donors (Lipinski definition) is 1. The molecule has 0 aliphatic carbocycles. The number of amidine groups is 1. The molecule has 1 aromatic heterocycles. The van der Waals surface area contributed by atoms with Gasteiger partial charge in [0.05, 0.1) is 5.70 Å². The lowest BCUT2D eigenvalue weighted by atomic mass is 10.0. The van der Waals surface area contributed by atoms with Crippen LogP contribution in [0.2, 0.25) is 0 Å². The number of nitrogens with two attached hydrogens (primary N) is 1. The minimum Gasteiger partial charge on any atom is -0.386 e. The molecule has 1 aliphatic heterocycles. The van der Waals surface area contributed by atoms with Crippen molar-refractivity contribution in [3.05, 3.63) is 66.3 Å². The highest BCUT2D eigenvalue weighted by Crippen LogP contribution is 2.25. The minimum absolute atomic E-state index is 0.487. The standard InChI is InChI=1S/C17H20N4/c1-5-14-10-16(11-19-17(14)6-2)15-7-8-21(12(3)9-15)20-13(4)18/h5,7-11H,1,3,6H2,2,4H3,(H2,18,20). The summed E-state index contributed by atoms with van der Waals surface area (Å²) in [6, 6.07) is 2.09. The molecule has 1 aliphatic rings. The zero-order valence-electron chi connectivity index (χ0n) is 12.5. The molecule has 0 amide bonds. The van der Waals surface area contributed by atoms with E-state index in [2.05, 4.69) is 36.2 Å². The van der Waals surface area contributed by atoms with Crippen molar-refractivity contribution in [2.75, 3.05) is 0 Å². The van der Waals surface area contributed by atoms with Gasteiger partial charge in [-0.25, -0.2) is 5.01 Å². The molecule has 0 atom stereocenters. The number of rotatable bonds is 4. The quantitative estimate of drug-likeness (QED) is 0.680. The van der Waals surface area contributed by atoms with Crippen molar-refractivity contribution in [2.24, 2.45) is 10.8 Å². The molecular weight excluding hydrogens is 260 g/mol. The number of aryl methyl sites for hydroxylation is 1. The van der Waals surface area contributed by atoms with Crippen LogP contribution in [0.15, 0.2) is 54.6 Å². The summed E-state index contributed by atoms with van der Waals surface area (Å²) in [4.78, 5) is 4.50. The lowest BCUT2D eigenvalue weighted by Gasteiger charge is -2.20. The summed E-state index contributed by atoms with van der Waals surface area (Å²) in [6.45, 7) is 11.7. The van der Waals surface area contributed by atoms with Crippen molar-refractivity contribution in [3.8, 4) is 0 Å². The maximum atomic E-state index is 5.59. The number of hydrazone groups is 1. The second-order valence-electron chi connectivity index (χ2n) is 4.81. The summed E-state index contributed by atoms with van der Waals surface area (Å²) in [5.74, 6) is 0.487. The Morgan fingerprint density at radius 3 is 2.86 bits per heavy atom. The Balaban J connectivity index is 2.33. The van der Waals surface area contributed by atoms with Gasteiger partial charge in [0.15, 0.2) is 0 Å². The van der Waals surface area contributed by atoms with Gasteiger partial charge in [-0.05, 0) is 42.7 Å². The van der Waals surface area contributed by atoms with E-state index in [-0.39, 0.29) is 0 Å². The van der Waals surface area contributed by atoms with E-state index in [1.54, 1.807) is 11.9 Å². The minimum atomic E-state index is 0.487. The van der Waals surface area contributed by atoms with Crippen LogP contribution in [-0.2, 0) is 6.42 Å². The summed E-state index contributed by atoms with van der Waals surface area (Å²) in [6.07, 6.45) is 10.4. The largest absolute Gasteiger partial charge is 0.386 e. The Bertz CT molecular complexity index is 661. The SMILES string of the molecule is C=Cc1cc(C2=CC(=C)N(/N=C(\C)N)C=C2)cnc1CC. The normalized spacial score (nSPS) is 15.1. The van der Waals surface area contributed by atoms with Crippen LogP contribution in [0.5, 0.6) is 0 Å². The van der Waals surface area contributed by atoms with E-state index in [0.29, 0.717) is 5.84 Å². The second kappa shape index (κ2) is 6.22. The number of aromatic nitrogens is 1. The molecule has 2 rings (SSSR count). The van der Waals surface area contributed by atoms with Crippen LogP contribution in [-0.4, -0.2) is 15.8 Å². The molecule has 2 N–H and O–H groups in total. The summed E-state index contributed by atoms with van der Waals surface area (Å²) in [5.41, 5.74) is 10.5. The highest BCUT2D eigenvalue weighted by molar-refractivity contribution is 5.79. The summed E-state index contributed by atoms with van der Waals surface area (Å²) in [7, 11) is 0. The third-order valence-corrected chi connectivity index (χ3v) is 3.17. The molecule has 4 heteroatoms. The van der Waals surface area contributed by atoms with Crippen LogP contribution >= 0.6 is 0 Å². The van der Waals surface area contributed by atoms with E-state index in [1.807, 2.05) is 30.6 Å². The topological polar surface area (TPSA) is 54.5 Å². The first-order chi connectivity index (χ1) is 10.0. The molecule has 1 aromatic rings. The van der Waals surface area contributed by atoms with Gasteiger partial charge in [0, 0.05) is 23.7 Å². The summed E-state index contributed by atoms with van der Waals surface area (Å²) in [5, 5.41) is 5.83. The lowest BCUT2D eigenvalue weighted by Crippen LogP contribution is -2.16. The second-order valence-corrected chi connectivity index (χ2v) is 4.81. The van der Waals surface area contributed by atoms with Gasteiger partial charge in [0.1, 0.15) is 5.84 Å². The van der Waals surface area contributed by atoms with E-state index in [4.69, 9.17) is 5.73 Å². The van der Waals surface area contributed by atoms with Crippen LogP contribution in [0.25, 0.3) is 11.6 Å². The van der Waals surface area contributed by atoms with Gasteiger partial charge in [-0.15, -0.1) is 0 Å². The predicted octanol–water partition coefficient (Wildman–Crippen LogP) is 3.31. The maximum Gasteiger partial charge on any atom is 0.117 e. The molecule has 4 nitrogen and oxygen atoms in total. The van der Waals surface area contributed by atoms with Crippen molar-refractivity contribution in [3.63, 3.8) is 0 Å². The van der Waals surface area contributed by atoms with Gasteiger partial charge in [-0.2, -0.15) is 5.10 Å². The summed E-state index contributed by atoms with van der Waals surface area (Å²) >= 11 is 0. The highest BCUT2D eigenvalue weighted by atomic mass is 15.5. The van der Waals surface area contributed by atoms with Crippen LogP contribution in [0.1, 0.15) is 30.7 Å². The van der Waals surface area contributed by atoms with E-state index in [1.165, 1.54) is 0 Å². The fourth-order valence-corrected chi connectivity index (χ4v) is 2.13. The molecule has 2 heterocycles. The predicted molar refractivity (Wildman–Crippen MR) is 89.1 cm³/mol. The molecule has 108 valence electrons. The van der Waals surface area contributed by atoms with Crippen LogP contribution < -0.4 is 5.73 Å². The van der Waals surface area contributed by atoms with Gasteiger partial charge in [-0.3, -0.25) is 4.98 Å². The van der Waals surface area contributed by atoms with E-state index in [0.717, 1.165) is 34.5 Å². The third kappa shape index (κ3) is 3.28. The number of allylic oxidation sites excluding steroid dienone is 3. The van der Waals surface area contributed by atoms with Gasteiger partial charge in [0.2, 0.25) is 0 Å². The van der Waals surface area contributed by atoms with Crippen LogP contribution in [0, 0.1) is 0 Å². The monoisotopic (exact) mass is 280 g/mol. The average Bonchev–Trinajstić information content (AvgIpc) is 2.48. The van der Waals surface area contributed by atoms with Crippen LogP contribution in [0.3, 0.4) is 0 Å². The van der Waals surface area contributed by atoms with E-state index in [9.17, 15) is 0 Å². The van der Waals surface area contributed by atoms with Gasteiger partial charge in [-0.1, -0.05) is 26.2 Å². The number of nitrogens with zero attached hydrogens (tertiary/aromatic N) is 3. The van der Waals surface area contributed by atoms with Crippen molar-refractivity contribution in [1.82, 2.24) is 9.99 Å². The first-order valence-electron chi connectivity index (χ1n) is 6.85. The van der Waals surface area contributed by atoms with E-state index < -0.39 is 0 Å². The Morgan fingerprint density at radius 2 is 2.29 bits per heavy atom. The average molecular weight is 280 g/mol. The molecule has 0 bridgehead atoms. The molecule has 0 saturated heterocycles. The molecule has 0 unspecified atom stereocenters. The van der Waals surface area contributed by atoms with Gasteiger partial charge in [0.25, 0.3) is 0 Å². The fraction of sp³-hybridized carbons (Fsp3) is 0.176. The van der Waals surface area contributed by atoms with Crippen molar-refractivity contribution < 1.29 is 0 Å². The van der Waals surface area contributed by atoms with Gasteiger partial charge < -0.3 is 5.73 Å². The molecule has 0 spiro atoms. The molecule has 0 fully saturated rings. The maximum absolute atomic E-state index is 5.59. The lowest BCUT2D eigenvalue weighted by molar-refractivity contribution is 0.512. The fourth-order valence-electron chi connectivity index (χ4n) is 2.13. The van der Waals surface area contributed by atoms with Crippen molar-refractivity contribution in [1.29, 1.82) is 0 Å². The molecular formula is C17H20N4. The molecule has 0 radical (unpaired) electrons. The zero-order valence-corrected chi connectivity index (χ0v) is 12.5. The highest BCUT2D eigenvalue weighted by Gasteiger charge is 2.11. The Kier molecular flexibility index (Phi) is 4.38. The Morgan fingerprint density at radius 1 is 1.52 bits per heavy atom. The van der Waals surface area contributed by atoms with Gasteiger partial charge >= 0.3 is 0 Å². The third-order valence-electron chi connectivity index (χ3n) is 3.17. The van der Waals surface area contributed by atoms with E-state index >= 15 is 0 Å². The zero-order chi connectivity index (χ0) is 15.4. The first kappa shape index (κ1) is 14.8. The first-order valence-corrected chi connectivity index (χ1v) is 6.85. The molecule has 21 heavy (non-hydrogen) atoms. The molecule has 0 aromatic carbocycles. The number of hydrogen-bond acceptors (Lipinski definition) is 3. The summed E-state index contributed by atoms with van der Waals surface area (Å²) < 4.78 is 0. The molecule has 0 saturated carbocycles. The smallest absolute Gasteiger partial charge is 0.117 e. The Hall–Kier alpha value is -2.62. The van der Waals surface area contributed by atoms with Crippen molar-refractivity contribution in [2.45, 2.75) is 20.3 Å².